The molecule has 0 saturated carbocycles. The molecule has 5 nitrogen and oxygen atoms in total. The zero-order valence-electron chi connectivity index (χ0n) is 13.6. The Bertz CT molecular complexity index is 697. The average Bonchev–Trinajstić information content (AvgIpc) is 2.54. The van der Waals surface area contributed by atoms with Crippen LogP contribution < -0.4 is 16.0 Å². The van der Waals surface area contributed by atoms with Gasteiger partial charge >= 0.3 is 0 Å². The van der Waals surface area contributed by atoms with Crippen molar-refractivity contribution < 1.29 is 14.0 Å². The molecule has 2 aromatic rings. The van der Waals surface area contributed by atoms with Gasteiger partial charge in [0, 0.05) is 23.0 Å². The van der Waals surface area contributed by atoms with E-state index in [1.165, 1.54) is 12.1 Å². The number of rotatable bonds is 6. The van der Waals surface area contributed by atoms with Gasteiger partial charge in [-0.1, -0.05) is 0 Å². The lowest BCUT2D eigenvalue weighted by Crippen LogP contribution is -2.30. The van der Waals surface area contributed by atoms with E-state index in [-0.39, 0.29) is 30.2 Å². The first-order valence-electron chi connectivity index (χ1n) is 7.64. The molecule has 0 atom stereocenters. The van der Waals surface area contributed by atoms with E-state index in [0.29, 0.717) is 16.9 Å². The normalized spacial score (nSPS) is 10.3. The summed E-state index contributed by atoms with van der Waals surface area (Å²) in [5.41, 5.74) is 1.79. The Hall–Kier alpha value is -2.89. The molecule has 0 radical (unpaired) electrons. The van der Waals surface area contributed by atoms with Crippen LogP contribution in [0.1, 0.15) is 24.2 Å². The van der Waals surface area contributed by atoms with Gasteiger partial charge in [-0.15, -0.1) is 0 Å². The van der Waals surface area contributed by atoms with E-state index in [4.69, 9.17) is 0 Å². The Balaban J connectivity index is 1.85. The number of nitrogens with one attached hydrogen (secondary N) is 3. The van der Waals surface area contributed by atoms with Crippen molar-refractivity contribution in [1.29, 1.82) is 0 Å². The van der Waals surface area contributed by atoms with Gasteiger partial charge in [-0.25, -0.2) is 4.39 Å². The fraction of sp³-hybridized carbons (Fsp3) is 0.222. The van der Waals surface area contributed by atoms with E-state index in [1.807, 2.05) is 13.8 Å². The second-order valence-electron chi connectivity index (χ2n) is 5.61. The van der Waals surface area contributed by atoms with Gasteiger partial charge in [0.25, 0.3) is 5.91 Å². The number of hydrogen-bond donors (Lipinski definition) is 3. The predicted molar refractivity (Wildman–Crippen MR) is 92.6 cm³/mol. The maximum atomic E-state index is 12.8. The van der Waals surface area contributed by atoms with Crippen molar-refractivity contribution in [3.8, 4) is 0 Å². The van der Waals surface area contributed by atoms with Crippen LogP contribution in [-0.2, 0) is 4.79 Å². The van der Waals surface area contributed by atoms with E-state index < -0.39 is 0 Å². The van der Waals surface area contributed by atoms with Crippen LogP contribution in [0, 0.1) is 5.82 Å². The van der Waals surface area contributed by atoms with Gasteiger partial charge in [0.15, 0.2) is 0 Å². The van der Waals surface area contributed by atoms with E-state index in [0.717, 1.165) is 0 Å². The molecule has 0 saturated heterocycles. The quantitative estimate of drug-likeness (QED) is 0.763. The number of anilines is 2. The zero-order chi connectivity index (χ0) is 17.5. The van der Waals surface area contributed by atoms with Crippen molar-refractivity contribution in [3.05, 3.63) is 59.9 Å². The topological polar surface area (TPSA) is 70.2 Å². The first-order valence-corrected chi connectivity index (χ1v) is 7.64. The lowest BCUT2D eigenvalue weighted by molar-refractivity contribution is -0.114. The van der Waals surface area contributed by atoms with E-state index in [9.17, 15) is 14.0 Å². The monoisotopic (exact) mass is 329 g/mol. The minimum Gasteiger partial charge on any atom is -0.376 e. The van der Waals surface area contributed by atoms with Crippen LogP contribution in [0.2, 0.25) is 0 Å². The number of carbonyl (C=O) groups is 2. The van der Waals surface area contributed by atoms with Crippen molar-refractivity contribution in [3.63, 3.8) is 0 Å². The van der Waals surface area contributed by atoms with Crippen molar-refractivity contribution in [2.24, 2.45) is 0 Å². The van der Waals surface area contributed by atoms with Gasteiger partial charge in [-0.2, -0.15) is 0 Å². The van der Waals surface area contributed by atoms with Crippen molar-refractivity contribution in [2.75, 3.05) is 17.2 Å². The third-order valence-corrected chi connectivity index (χ3v) is 3.15. The zero-order valence-corrected chi connectivity index (χ0v) is 13.6. The molecule has 0 bridgehead atoms. The van der Waals surface area contributed by atoms with Crippen LogP contribution in [0.5, 0.6) is 0 Å². The second-order valence-corrected chi connectivity index (χ2v) is 5.61. The summed E-state index contributed by atoms with van der Waals surface area (Å²) in [5, 5.41) is 8.42. The maximum absolute atomic E-state index is 12.8. The summed E-state index contributed by atoms with van der Waals surface area (Å²) in [6.07, 6.45) is 0. The van der Waals surface area contributed by atoms with Crippen LogP contribution >= 0.6 is 0 Å². The van der Waals surface area contributed by atoms with Gasteiger partial charge in [0.2, 0.25) is 5.91 Å². The van der Waals surface area contributed by atoms with E-state index in [1.54, 1.807) is 36.4 Å². The molecule has 2 amide bonds. The highest BCUT2D eigenvalue weighted by atomic mass is 19.1. The predicted octanol–water partition coefficient (Wildman–Crippen LogP) is 3.01. The number of benzene rings is 2. The standard InChI is InChI=1S/C18H20FN3O2/c1-12(2)21-18(24)13-3-7-16(8-4-13)22-17(23)11-20-15-9-5-14(19)6-10-15/h3-10,12,20H,11H2,1-2H3,(H,21,24)(H,22,23). The molecule has 0 aromatic heterocycles. The second kappa shape index (κ2) is 8.10. The number of halogens is 1. The molecule has 0 aliphatic carbocycles. The molecule has 24 heavy (non-hydrogen) atoms. The Morgan fingerprint density at radius 1 is 0.958 bits per heavy atom. The average molecular weight is 329 g/mol. The number of hydrogen-bond acceptors (Lipinski definition) is 3. The van der Waals surface area contributed by atoms with Gasteiger partial charge in [0.1, 0.15) is 5.82 Å². The Morgan fingerprint density at radius 2 is 1.54 bits per heavy atom. The summed E-state index contributed by atoms with van der Waals surface area (Å²) in [7, 11) is 0. The van der Waals surface area contributed by atoms with E-state index in [2.05, 4.69) is 16.0 Å². The summed E-state index contributed by atoms with van der Waals surface area (Å²) in [6, 6.07) is 12.5. The van der Waals surface area contributed by atoms with Crippen molar-refractivity contribution >= 4 is 23.2 Å². The maximum Gasteiger partial charge on any atom is 0.251 e. The van der Waals surface area contributed by atoms with Crippen LogP contribution in [0.15, 0.2) is 48.5 Å². The smallest absolute Gasteiger partial charge is 0.251 e. The fourth-order valence-electron chi connectivity index (χ4n) is 2.01. The minimum atomic E-state index is -0.327. The highest BCUT2D eigenvalue weighted by molar-refractivity contribution is 5.96. The van der Waals surface area contributed by atoms with Gasteiger partial charge in [-0.3, -0.25) is 9.59 Å². The molecule has 0 aliphatic rings. The summed E-state index contributed by atoms with van der Waals surface area (Å²) in [5.74, 6) is -0.717. The highest BCUT2D eigenvalue weighted by Gasteiger charge is 2.07. The van der Waals surface area contributed by atoms with Crippen LogP contribution in [0.4, 0.5) is 15.8 Å². The third kappa shape index (κ3) is 5.39. The van der Waals surface area contributed by atoms with E-state index >= 15 is 0 Å². The lowest BCUT2D eigenvalue weighted by atomic mass is 10.2. The molecule has 0 spiro atoms. The summed E-state index contributed by atoms with van der Waals surface area (Å²) in [6.45, 7) is 3.84. The Kier molecular flexibility index (Phi) is 5.89. The van der Waals surface area contributed by atoms with Crippen LogP contribution in [0.3, 0.4) is 0 Å². The molecular weight excluding hydrogens is 309 g/mol. The molecule has 0 unspecified atom stereocenters. The molecule has 3 N–H and O–H groups in total. The Labute approximate surface area is 140 Å². The molecule has 2 rings (SSSR count). The lowest BCUT2D eigenvalue weighted by Gasteiger charge is -2.10. The van der Waals surface area contributed by atoms with Gasteiger partial charge in [0.05, 0.1) is 6.54 Å². The molecule has 6 heteroatoms. The third-order valence-electron chi connectivity index (χ3n) is 3.15. The molecular formula is C18H20FN3O2. The minimum absolute atomic E-state index is 0.0568. The number of carbonyl (C=O) groups excluding carboxylic acids is 2. The Morgan fingerprint density at radius 3 is 2.12 bits per heavy atom. The fourth-order valence-corrected chi connectivity index (χ4v) is 2.01. The largest absolute Gasteiger partial charge is 0.376 e. The van der Waals surface area contributed by atoms with Gasteiger partial charge in [-0.05, 0) is 62.4 Å². The van der Waals surface area contributed by atoms with Gasteiger partial charge < -0.3 is 16.0 Å². The SMILES string of the molecule is CC(C)NC(=O)c1ccc(NC(=O)CNc2ccc(F)cc2)cc1. The molecule has 0 aliphatic heterocycles. The summed E-state index contributed by atoms with van der Waals surface area (Å²) < 4.78 is 12.8. The molecule has 0 heterocycles. The summed E-state index contributed by atoms with van der Waals surface area (Å²) in [4.78, 5) is 23.7. The van der Waals surface area contributed by atoms with Crippen LogP contribution in [-0.4, -0.2) is 24.4 Å². The first-order chi connectivity index (χ1) is 11.4. The molecule has 126 valence electrons. The van der Waals surface area contributed by atoms with Crippen molar-refractivity contribution in [2.45, 2.75) is 19.9 Å². The number of amides is 2. The summed E-state index contributed by atoms with van der Waals surface area (Å²) >= 11 is 0. The molecule has 2 aromatic carbocycles. The highest BCUT2D eigenvalue weighted by Crippen LogP contribution is 2.11. The van der Waals surface area contributed by atoms with Crippen molar-refractivity contribution in [1.82, 2.24) is 5.32 Å². The molecule has 0 fully saturated rings. The van der Waals surface area contributed by atoms with Crippen LogP contribution in [0.25, 0.3) is 0 Å². The first kappa shape index (κ1) is 17.5.